The maximum Gasteiger partial charge on any atom is 0.307 e. The quantitative estimate of drug-likeness (QED) is 0.578. The Hall–Kier alpha value is -2.97. The number of carbonyl (C=O) groups excluding carboxylic acids is 2. The number of nitrogens with one attached hydrogen (secondary N) is 1. The summed E-state index contributed by atoms with van der Waals surface area (Å²) in [6, 6.07) is 13.5. The molecule has 0 aliphatic carbocycles. The van der Waals surface area contributed by atoms with E-state index in [1.165, 1.54) is 16.7 Å². The highest BCUT2D eigenvalue weighted by Gasteiger charge is 2.28. The SMILES string of the molecule is CN1C(=O)C(=Cc2ccc(C(=O)Nc3ccc(CC(=O)O)cc3)cc2)SC1=S. The van der Waals surface area contributed by atoms with E-state index in [4.69, 9.17) is 17.3 Å². The fourth-order valence-corrected chi connectivity index (χ4v) is 3.69. The highest BCUT2D eigenvalue weighted by atomic mass is 32.2. The molecule has 0 spiro atoms. The summed E-state index contributed by atoms with van der Waals surface area (Å²) < 4.78 is 0.515. The molecule has 2 N–H and O–H groups in total. The van der Waals surface area contributed by atoms with E-state index in [0.717, 1.165) is 5.56 Å². The van der Waals surface area contributed by atoms with E-state index in [1.807, 2.05) is 0 Å². The van der Waals surface area contributed by atoms with Crippen molar-refractivity contribution >= 4 is 57.8 Å². The van der Waals surface area contributed by atoms with Crippen LogP contribution in [0.25, 0.3) is 6.08 Å². The fourth-order valence-electron chi connectivity index (χ4n) is 2.51. The molecule has 2 aromatic rings. The monoisotopic (exact) mass is 412 g/mol. The van der Waals surface area contributed by atoms with E-state index < -0.39 is 5.97 Å². The van der Waals surface area contributed by atoms with Gasteiger partial charge in [0.1, 0.15) is 4.32 Å². The summed E-state index contributed by atoms with van der Waals surface area (Å²) in [6.07, 6.45) is 1.68. The Morgan fingerprint density at radius 1 is 1.14 bits per heavy atom. The molecule has 1 aliphatic heterocycles. The molecular weight excluding hydrogens is 396 g/mol. The lowest BCUT2D eigenvalue weighted by atomic mass is 10.1. The number of hydrogen-bond donors (Lipinski definition) is 2. The Morgan fingerprint density at radius 3 is 2.32 bits per heavy atom. The lowest BCUT2D eigenvalue weighted by Crippen LogP contribution is -2.22. The fraction of sp³-hybridized carbons (Fsp3) is 0.100. The van der Waals surface area contributed by atoms with Gasteiger partial charge in [-0.15, -0.1) is 0 Å². The van der Waals surface area contributed by atoms with Crippen molar-refractivity contribution in [2.24, 2.45) is 0 Å². The number of aliphatic carboxylic acids is 1. The van der Waals surface area contributed by atoms with Crippen molar-refractivity contribution in [3.8, 4) is 0 Å². The van der Waals surface area contributed by atoms with E-state index in [2.05, 4.69) is 5.32 Å². The zero-order chi connectivity index (χ0) is 20.3. The molecule has 1 heterocycles. The number of carboxylic acid groups (broad SMARTS) is 1. The van der Waals surface area contributed by atoms with Crippen LogP contribution >= 0.6 is 24.0 Å². The Kier molecular flexibility index (Phi) is 5.91. The molecular formula is C20H16N2O4S2. The van der Waals surface area contributed by atoms with E-state index in [1.54, 1.807) is 61.7 Å². The minimum absolute atomic E-state index is 0.0630. The van der Waals surface area contributed by atoms with Crippen molar-refractivity contribution in [2.45, 2.75) is 6.42 Å². The van der Waals surface area contributed by atoms with Crippen molar-refractivity contribution in [1.29, 1.82) is 0 Å². The molecule has 1 saturated heterocycles. The van der Waals surface area contributed by atoms with Crippen LogP contribution in [0, 0.1) is 0 Å². The van der Waals surface area contributed by atoms with Gasteiger partial charge in [-0.1, -0.05) is 48.2 Å². The number of carbonyl (C=O) groups is 3. The van der Waals surface area contributed by atoms with Gasteiger partial charge in [0.2, 0.25) is 0 Å². The zero-order valence-corrected chi connectivity index (χ0v) is 16.5. The van der Waals surface area contributed by atoms with Gasteiger partial charge in [-0.2, -0.15) is 0 Å². The highest BCUT2D eigenvalue weighted by molar-refractivity contribution is 8.26. The average molecular weight is 412 g/mol. The summed E-state index contributed by atoms with van der Waals surface area (Å²) in [7, 11) is 1.64. The second-order valence-electron chi connectivity index (χ2n) is 6.08. The van der Waals surface area contributed by atoms with Crippen LogP contribution in [-0.2, 0) is 16.0 Å². The van der Waals surface area contributed by atoms with Crippen LogP contribution in [0.5, 0.6) is 0 Å². The summed E-state index contributed by atoms with van der Waals surface area (Å²) in [6.45, 7) is 0. The van der Waals surface area contributed by atoms with E-state index >= 15 is 0 Å². The smallest absolute Gasteiger partial charge is 0.307 e. The third-order valence-corrected chi connectivity index (χ3v) is 5.51. The molecule has 142 valence electrons. The van der Waals surface area contributed by atoms with Crippen LogP contribution in [0.2, 0.25) is 0 Å². The van der Waals surface area contributed by atoms with Crippen molar-refractivity contribution in [3.63, 3.8) is 0 Å². The highest BCUT2D eigenvalue weighted by Crippen LogP contribution is 2.31. The van der Waals surface area contributed by atoms with Gasteiger partial charge < -0.3 is 10.4 Å². The Labute approximate surface area is 171 Å². The summed E-state index contributed by atoms with van der Waals surface area (Å²) in [5.74, 6) is -1.32. The number of carboxylic acids is 1. The lowest BCUT2D eigenvalue weighted by Gasteiger charge is -2.07. The molecule has 0 aromatic heterocycles. The number of thioether (sulfide) groups is 1. The van der Waals surface area contributed by atoms with E-state index in [0.29, 0.717) is 26.0 Å². The Morgan fingerprint density at radius 2 is 1.79 bits per heavy atom. The maximum absolute atomic E-state index is 12.4. The van der Waals surface area contributed by atoms with Crippen molar-refractivity contribution in [3.05, 3.63) is 70.1 Å². The predicted octanol–water partition coefficient (Wildman–Crippen LogP) is 3.40. The first-order valence-corrected chi connectivity index (χ1v) is 9.49. The van der Waals surface area contributed by atoms with Gasteiger partial charge in [0.25, 0.3) is 11.8 Å². The number of thiocarbonyl (C=S) groups is 1. The van der Waals surface area contributed by atoms with Crippen LogP contribution in [0.4, 0.5) is 5.69 Å². The number of anilines is 1. The molecule has 1 fully saturated rings. The zero-order valence-electron chi connectivity index (χ0n) is 14.8. The number of rotatable bonds is 5. The summed E-state index contributed by atoms with van der Waals surface area (Å²) >= 11 is 6.35. The van der Waals surface area contributed by atoms with Gasteiger partial charge >= 0.3 is 5.97 Å². The first-order valence-electron chi connectivity index (χ1n) is 8.27. The molecule has 3 rings (SSSR count). The van der Waals surface area contributed by atoms with Crippen LogP contribution < -0.4 is 5.32 Å². The minimum atomic E-state index is -0.905. The predicted molar refractivity (Wildman–Crippen MR) is 113 cm³/mol. The summed E-state index contributed by atoms with van der Waals surface area (Å²) in [5.41, 5.74) is 2.50. The van der Waals surface area contributed by atoms with Gasteiger partial charge in [-0.25, -0.2) is 0 Å². The van der Waals surface area contributed by atoms with Crippen LogP contribution in [-0.4, -0.2) is 39.2 Å². The molecule has 0 atom stereocenters. The minimum Gasteiger partial charge on any atom is -0.481 e. The van der Waals surface area contributed by atoms with Crippen LogP contribution in [0.1, 0.15) is 21.5 Å². The van der Waals surface area contributed by atoms with E-state index in [9.17, 15) is 14.4 Å². The topological polar surface area (TPSA) is 86.7 Å². The maximum atomic E-state index is 12.4. The molecule has 28 heavy (non-hydrogen) atoms. The Bertz CT molecular complexity index is 982. The molecule has 0 bridgehead atoms. The molecule has 2 amide bonds. The van der Waals surface area contributed by atoms with E-state index in [-0.39, 0.29) is 18.2 Å². The number of amides is 2. The van der Waals surface area contributed by atoms with Gasteiger partial charge in [-0.05, 0) is 41.5 Å². The molecule has 2 aromatic carbocycles. The largest absolute Gasteiger partial charge is 0.481 e. The summed E-state index contributed by atoms with van der Waals surface area (Å²) in [5, 5.41) is 11.5. The van der Waals surface area contributed by atoms with Crippen molar-refractivity contribution in [2.75, 3.05) is 12.4 Å². The third kappa shape index (κ3) is 4.65. The third-order valence-electron chi connectivity index (χ3n) is 4.02. The second-order valence-corrected chi connectivity index (χ2v) is 7.76. The molecule has 0 saturated carbocycles. The molecule has 6 nitrogen and oxygen atoms in total. The average Bonchev–Trinajstić information content (AvgIpc) is 2.90. The first-order chi connectivity index (χ1) is 13.3. The lowest BCUT2D eigenvalue weighted by molar-refractivity contribution is -0.136. The summed E-state index contributed by atoms with van der Waals surface area (Å²) in [4.78, 5) is 37.1. The first kappa shape index (κ1) is 19.8. The number of likely N-dealkylation sites (N-methyl/N-ethyl adjacent to an activating group) is 1. The number of benzene rings is 2. The van der Waals surface area contributed by atoms with Crippen molar-refractivity contribution < 1.29 is 19.5 Å². The number of nitrogens with zero attached hydrogens (tertiary/aromatic N) is 1. The molecule has 8 heteroatoms. The van der Waals surface area contributed by atoms with Crippen molar-refractivity contribution in [1.82, 2.24) is 4.90 Å². The normalized spacial score (nSPS) is 15.2. The van der Waals surface area contributed by atoms with Crippen LogP contribution in [0.3, 0.4) is 0 Å². The molecule has 0 radical (unpaired) electrons. The van der Waals surface area contributed by atoms with Gasteiger partial charge in [0, 0.05) is 18.3 Å². The van der Waals surface area contributed by atoms with Gasteiger partial charge in [0.15, 0.2) is 0 Å². The van der Waals surface area contributed by atoms with Gasteiger partial charge in [0.05, 0.1) is 11.3 Å². The standard InChI is InChI=1S/C20H16N2O4S2/c1-22-19(26)16(28-20(22)27)10-12-2-6-14(7-3-12)18(25)21-15-8-4-13(5-9-15)11-17(23)24/h2-10H,11H2,1H3,(H,21,25)(H,23,24). The molecule has 0 unspecified atom stereocenters. The molecule has 1 aliphatic rings. The Balaban J connectivity index is 1.66. The van der Waals surface area contributed by atoms with Crippen LogP contribution in [0.15, 0.2) is 53.4 Å². The van der Waals surface area contributed by atoms with Gasteiger partial charge in [-0.3, -0.25) is 19.3 Å². The number of hydrogen-bond acceptors (Lipinski definition) is 5. The second kappa shape index (κ2) is 8.37.